The van der Waals surface area contributed by atoms with Gasteiger partial charge in [0, 0.05) is 17.4 Å². The quantitative estimate of drug-likeness (QED) is 0.245. The maximum absolute atomic E-state index is 11.0. The summed E-state index contributed by atoms with van der Waals surface area (Å²) in [6, 6.07) is 23.8. The Morgan fingerprint density at radius 3 is 2.29 bits per heavy atom. The average molecular weight is 391 g/mol. The highest BCUT2D eigenvalue weighted by Gasteiger charge is 2.12. The van der Waals surface area contributed by atoms with Gasteiger partial charge in [-0.1, -0.05) is 42.5 Å². The molecule has 3 N–H and O–H groups in total. The molecule has 0 aliphatic carbocycles. The van der Waals surface area contributed by atoms with E-state index >= 15 is 0 Å². The maximum atomic E-state index is 11.0. The van der Waals surface area contributed by atoms with E-state index in [0.717, 1.165) is 16.9 Å². The average Bonchev–Trinajstić information content (AvgIpc) is 2.70. The molecule has 0 saturated carbocycles. The predicted octanol–water partition coefficient (Wildman–Crippen LogP) is 4.66. The second kappa shape index (κ2) is 9.24. The van der Waals surface area contributed by atoms with Gasteiger partial charge in [-0.2, -0.15) is 5.10 Å². The van der Waals surface area contributed by atoms with Gasteiger partial charge in [0.1, 0.15) is 5.69 Å². The van der Waals surface area contributed by atoms with Crippen molar-refractivity contribution in [3.8, 4) is 0 Å². The van der Waals surface area contributed by atoms with Crippen LogP contribution in [0.2, 0.25) is 0 Å². The number of para-hydroxylation sites is 3. The SMILES string of the molecule is O=[N+]([O-])c1ccccc1NC(=S)N/N=C\c1ccc(Nc2ccccc2)cc1. The summed E-state index contributed by atoms with van der Waals surface area (Å²) < 4.78 is 0. The van der Waals surface area contributed by atoms with Crippen molar-refractivity contribution < 1.29 is 4.92 Å². The number of rotatable bonds is 6. The normalized spacial score (nSPS) is 10.4. The third kappa shape index (κ3) is 5.36. The monoisotopic (exact) mass is 391 g/mol. The summed E-state index contributed by atoms with van der Waals surface area (Å²) in [7, 11) is 0. The van der Waals surface area contributed by atoms with Gasteiger partial charge in [-0.05, 0) is 48.1 Å². The molecule has 0 bridgehead atoms. The van der Waals surface area contributed by atoms with Gasteiger partial charge in [0.2, 0.25) is 0 Å². The molecule has 3 aromatic rings. The molecule has 8 heteroatoms. The highest BCUT2D eigenvalue weighted by molar-refractivity contribution is 7.80. The van der Waals surface area contributed by atoms with Gasteiger partial charge >= 0.3 is 0 Å². The molecule has 0 heterocycles. The topological polar surface area (TPSA) is 91.6 Å². The van der Waals surface area contributed by atoms with Crippen LogP contribution in [0.4, 0.5) is 22.7 Å². The van der Waals surface area contributed by atoms with Crippen molar-refractivity contribution in [1.82, 2.24) is 5.43 Å². The van der Waals surface area contributed by atoms with E-state index in [1.807, 2.05) is 54.6 Å². The first-order chi connectivity index (χ1) is 13.6. The largest absolute Gasteiger partial charge is 0.356 e. The van der Waals surface area contributed by atoms with Crippen LogP contribution in [0.3, 0.4) is 0 Å². The summed E-state index contributed by atoms with van der Waals surface area (Å²) in [6.45, 7) is 0. The van der Waals surface area contributed by atoms with Gasteiger partial charge in [-0.3, -0.25) is 15.5 Å². The zero-order valence-corrected chi connectivity index (χ0v) is 15.5. The standard InChI is InChI=1S/C20H17N5O2S/c26-25(27)19-9-5-4-8-18(19)23-20(28)24-21-14-15-10-12-17(13-11-15)22-16-6-2-1-3-7-16/h1-14,22H,(H2,23,24,28)/b21-14-. The van der Waals surface area contributed by atoms with E-state index in [-0.39, 0.29) is 10.8 Å². The minimum absolute atomic E-state index is 0.0582. The van der Waals surface area contributed by atoms with Crippen LogP contribution in [0.15, 0.2) is 84.0 Å². The van der Waals surface area contributed by atoms with Crippen LogP contribution >= 0.6 is 12.2 Å². The molecule has 0 atom stereocenters. The Morgan fingerprint density at radius 2 is 1.57 bits per heavy atom. The van der Waals surface area contributed by atoms with Crippen LogP contribution in [0.1, 0.15) is 5.56 Å². The summed E-state index contributed by atoms with van der Waals surface area (Å²) in [6.07, 6.45) is 1.61. The highest BCUT2D eigenvalue weighted by Crippen LogP contribution is 2.22. The van der Waals surface area contributed by atoms with E-state index in [1.54, 1.807) is 24.4 Å². The molecule has 140 valence electrons. The lowest BCUT2D eigenvalue weighted by Gasteiger charge is -2.07. The summed E-state index contributed by atoms with van der Waals surface area (Å²) >= 11 is 5.12. The van der Waals surface area contributed by atoms with Crippen molar-refractivity contribution >= 4 is 46.3 Å². The predicted molar refractivity (Wildman–Crippen MR) is 116 cm³/mol. The van der Waals surface area contributed by atoms with Crippen molar-refractivity contribution in [3.05, 3.63) is 94.5 Å². The second-order valence-corrected chi connectivity index (χ2v) is 6.12. The molecule has 28 heavy (non-hydrogen) atoms. The third-order valence-corrected chi connectivity index (χ3v) is 3.90. The number of hydrazone groups is 1. The first-order valence-electron chi connectivity index (χ1n) is 8.37. The first kappa shape index (κ1) is 19.0. The third-order valence-electron chi connectivity index (χ3n) is 3.70. The van der Waals surface area contributed by atoms with E-state index in [1.165, 1.54) is 6.07 Å². The molecule has 3 aromatic carbocycles. The van der Waals surface area contributed by atoms with Gasteiger partial charge in [-0.25, -0.2) is 0 Å². The Bertz CT molecular complexity index is 991. The summed E-state index contributed by atoms with van der Waals surface area (Å²) in [4.78, 5) is 10.5. The molecule has 0 aliphatic rings. The molecular weight excluding hydrogens is 374 g/mol. The molecule has 0 unspecified atom stereocenters. The number of benzene rings is 3. The number of anilines is 3. The lowest BCUT2D eigenvalue weighted by molar-refractivity contribution is -0.383. The Morgan fingerprint density at radius 1 is 0.929 bits per heavy atom. The molecule has 0 saturated heterocycles. The number of hydrogen-bond acceptors (Lipinski definition) is 5. The Hall–Kier alpha value is -3.78. The Balaban J connectivity index is 1.54. The molecular formula is C20H17N5O2S. The molecule has 0 fully saturated rings. The van der Waals surface area contributed by atoms with Gasteiger partial charge in [-0.15, -0.1) is 0 Å². The van der Waals surface area contributed by atoms with Gasteiger partial charge < -0.3 is 10.6 Å². The first-order valence-corrected chi connectivity index (χ1v) is 8.78. The number of thiocarbonyl (C=S) groups is 1. The van der Waals surface area contributed by atoms with Gasteiger partial charge in [0.05, 0.1) is 11.1 Å². The van der Waals surface area contributed by atoms with Crippen LogP contribution < -0.4 is 16.1 Å². The lowest BCUT2D eigenvalue weighted by Crippen LogP contribution is -2.24. The fourth-order valence-electron chi connectivity index (χ4n) is 2.39. The number of hydrogen-bond donors (Lipinski definition) is 3. The van der Waals surface area contributed by atoms with E-state index in [9.17, 15) is 10.1 Å². The van der Waals surface area contributed by atoms with Crippen LogP contribution in [0, 0.1) is 10.1 Å². The van der Waals surface area contributed by atoms with Crippen LogP contribution in [-0.4, -0.2) is 16.3 Å². The fourth-order valence-corrected chi connectivity index (χ4v) is 2.56. The highest BCUT2D eigenvalue weighted by atomic mass is 32.1. The van der Waals surface area contributed by atoms with Crippen molar-refractivity contribution in [2.45, 2.75) is 0 Å². The van der Waals surface area contributed by atoms with Crippen LogP contribution in [0.5, 0.6) is 0 Å². The number of nitrogens with one attached hydrogen (secondary N) is 3. The summed E-state index contributed by atoms with van der Waals surface area (Å²) in [5, 5.41) is 21.3. The van der Waals surface area contributed by atoms with Gasteiger partial charge in [0.25, 0.3) is 5.69 Å². The van der Waals surface area contributed by atoms with E-state index < -0.39 is 4.92 Å². The van der Waals surface area contributed by atoms with Crippen molar-refractivity contribution in [2.24, 2.45) is 5.10 Å². The summed E-state index contributed by atoms with van der Waals surface area (Å²) in [5.41, 5.74) is 5.74. The summed E-state index contributed by atoms with van der Waals surface area (Å²) in [5.74, 6) is 0. The van der Waals surface area contributed by atoms with E-state index in [2.05, 4.69) is 21.2 Å². The second-order valence-electron chi connectivity index (χ2n) is 5.71. The Labute approximate surface area is 167 Å². The van der Waals surface area contributed by atoms with Crippen molar-refractivity contribution in [2.75, 3.05) is 10.6 Å². The molecule has 3 rings (SSSR count). The van der Waals surface area contributed by atoms with E-state index in [0.29, 0.717) is 5.69 Å². The number of nitrogens with zero attached hydrogens (tertiary/aromatic N) is 2. The van der Waals surface area contributed by atoms with Crippen LogP contribution in [-0.2, 0) is 0 Å². The minimum atomic E-state index is -0.473. The molecule has 0 amide bonds. The Kier molecular flexibility index (Phi) is 6.27. The zero-order valence-electron chi connectivity index (χ0n) is 14.7. The molecule has 7 nitrogen and oxygen atoms in total. The maximum Gasteiger partial charge on any atom is 0.292 e. The molecule has 0 aliphatic heterocycles. The zero-order chi connectivity index (χ0) is 19.8. The molecule has 0 spiro atoms. The van der Waals surface area contributed by atoms with E-state index in [4.69, 9.17) is 12.2 Å². The van der Waals surface area contributed by atoms with Gasteiger partial charge in [0.15, 0.2) is 5.11 Å². The molecule has 0 radical (unpaired) electrons. The molecule has 0 aromatic heterocycles. The lowest BCUT2D eigenvalue weighted by atomic mass is 10.2. The smallest absolute Gasteiger partial charge is 0.292 e. The number of nitro benzene ring substituents is 1. The number of nitro groups is 1. The van der Waals surface area contributed by atoms with Crippen molar-refractivity contribution in [1.29, 1.82) is 0 Å². The van der Waals surface area contributed by atoms with Crippen molar-refractivity contribution in [3.63, 3.8) is 0 Å². The fraction of sp³-hybridized carbons (Fsp3) is 0. The minimum Gasteiger partial charge on any atom is -0.356 e. The van der Waals surface area contributed by atoms with Crippen LogP contribution in [0.25, 0.3) is 0 Å².